The highest BCUT2D eigenvalue weighted by Gasteiger charge is 2.11. The second-order valence-corrected chi connectivity index (χ2v) is 6.06. The highest BCUT2D eigenvalue weighted by Crippen LogP contribution is 2.24. The molecule has 140 valence electrons. The van der Waals surface area contributed by atoms with Crippen molar-refractivity contribution in [1.29, 1.82) is 0 Å². The molecular weight excluding hydrogens is 366 g/mol. The van der Waals surface area contributed by atoms with Crippen molar-refractivity contribution in [2.24, 2.45) is 0 Å². The first kappa shape index (κ1) is 18.5. The zero-order valence-corrected chi connectivity index (χ0v) is 15.9. The Bertz CT molecular complexity index is 1000. The highest BCUT2D eigenvalue weighted by molar-refractivity contribution is 7.80. The topological polar surface area (TPSA) is 100 Å². The molecule has 0 saturated heterocycles. The average Bonchev–Trinajstić information content (AvgIpc) is 3.08. The maximum Gasteiger partial charge on any atom is 0.269 e. The van der Waals surface area contributed by atoms with Crippen LogP contribution in [0.15, 0.2) is 36.4 Å². The summed E-state index contributed by atoms with van der Waals surface area (Å²) in [4.78, 5) is 19.8. The van der Waals surface area contributed by atoms with Crippen molar-refractivity contribution >= 4 is 40.2 Å². The summed E-state index contributed by atoms with van der Waals surface area (Å²) in [6.45, 7) is 1.83. The number of fused-ring (bicyclic) bond motifs is 1. The summed E-state index contributed by atoms with van der Waals surface area (Å²) in [5.74, 6) is 1.48. The molecule has 1 amide bonds. The molecular formula is C18H19N5O3S. The van der Waals surface area contributed by atoms with Crippen LogP contribution >= 0.6 is 12.2 Å². The summed E-state index contributed by atoms with van der Waals surface area (Å²) < 4.78 is 10.4. The Labute approximate surface area is 161 Å². The third-order valence-corrected chi connectivity index (χ3v) is 4.10. The minimum absolute atomic E-state index is 0.188. The van der Waals surface area contributed by atoms with Gasteiger partial charge in [-0.1, -0.05) is 6.07 Å². The summed E-state index contributed by atoms with van der Waals surface area (Å²) in [7, 11) is 3.17. The number of para-hydroxylation sites is 1. The van der Waals surface area contributed by atoms with Gasteiger partial charge in [0.05, 0.1) is 19.7 Å². The van der Waals surface area contributed by atoms with Crippen LogP contribution in [0.3, 0.4) is 0 Å². The number of carbonyl (C=O) groups is 1. The molecule has 0 saturated carbocycles. The van der Waals surface area contributed by atoms with E-state index in [1.165, 1.54) is 0 Å². The van der Waals surface area contributed by atoms with Gasteiger partial charge in [0.25, 0.3) is 5.91 Å². The fraction of sp³-hybridized carbons (Fsp3) is 0.167. The van der Waals surface area contributed by atoms with Gasteiger partial charge in [-0.05, 0) is 55.0 Å². The van der Waals surface area contributed by atoms with Crippen molar-refractivity contribution < 1.29 is 14.3 Å². The second kappa shape index (κ2) is 7.92. The fourth-order valence-electron chi connectivity index (χ4n) is 2.57. The first-order chi connectivity index (χ1) is 13.0. The van der Waals surface area contributed by atoms with Crippen molar-refractivity contribution in [3.05, 3.63) is 47.5 Å². The van der Waals surface area contributed by atoms with Crippen LogP contribution in [-0.2, 0) is 0 Å². The van der Waals surface area contributed by atoms with Gasteiger partial charge in [0.1, 0.15) is 17.0 Å². The van der Waals surface area contributed by atoms with Crippen LogP contribution in [-0.4, -0.2) is 35.2 Å². The summed E-state index contributed by atoms with van der Waals surface area (Å²) >= 11 is 5.19. The maximum atomic E-state index is 12.3. The normalized spacial score (nSPS) is 10.3. The van der Waals surface area contributed by atoms with Crippen LogP contribution in [0, 0.1) is 6.92 Å². The highest BCUT2D eigenvalue weighted by atomic mass is 32.1. The maximum absolute atomic E-state index is 12.3. The van der Waals surface area contributed by atoms with Crippen molar-refractivity contribution in [2.45, 2.75) is 6.92 Å². The van der Waals surface area contributed by atoms with Gasteiger partial charge in [-0.2, -0.15) is 0 Å². The number of hydrogen-bond acceptors (Lipinski definition) is 5. The lowest BCUT2D eigenvalue weighted by atomic mass is 10.1. The van der Waals surface area contributed by atoms with Gasteiger partial charge in [-0.15, -0.1) is 0 Å². The molecule has 0 aliphatic carbocycles. The predicted molar refractivity (Wildman–Crippen MR) is 107 cm³/mol. The number of imidazole rings is 1. The predicted octanol–water partition coefficient (Wildman–Crippen LogP) is 2.52. The number of amides is 1. The molecule has 8 nitrogen and oxygen atoms in total. The number of hydrazine groups is 1. The molecule has 1 aromatic heterocycles. The molecule has 3 rings (SSSR count). The molecule has 9 heteroatoms. The van der Waals surface area contributed by atoms with E-state index < -0.39 is 0 Å². The van der Waals surface area contributed by atoms with E-state index >= 15 is 0 Å². The van der Waals surface area contributed by atoms with E-state index in [9.17, 15) is 4.79 Å². The smallest absolute Gasteiger partial charge is 0.269 e. The molecule has 4 N–H and O–H groups in total. The molecule has 0 bridgehead atoms. The summed E-state index contributed by atoms with van der Waals surface area (Å²) in [5, 5.41) is 3.07. The Kier molecular flexibility index (Phi) is 5.41. The van der Waals surface area contributed by atoms with Crippen molar-refractivity contribution in [1.82, 2.24) is 20.8 Å². The Balaban J connectivity index is 1.62. The van der Waals surface area contributed by atoms with E-state index in [2.05, 4.69) is 26.1 Å². The van der Waals surface area contributed by atoms with Crippen LogP contribution in [0.4, 0.5) is 5.95 Å². The van der Waals surface area contributed by atoms with Crippen molar-refractivity contribution in [3.63, 3.8) is 0 Å². The summed E-state index contributed by atoms with van der Waals surface area (Å²) in [5.41, 5.74) is 8.00. The lowest BCUT2D eigenvalue weighted by Crippen LogP contribution is -2.44. The van der Waals surface area contributed by atoms with E-state index in [1.807, 2.05) is 25.1 Å². The molecule has 0 unspecified atom stereocenters. The SMILES string of the molecule is COc1ccc(C(=O)NNC(=S)Nc2nc3cccc(OC)c3[nH]2)c(C)c1. The number of rotatable bonds is 4. The first-order valence-corrected chi connectivity index (χ1v) is 8.47. The van der Waals surface area contributed by atoms with Gasteiger partial charge in [0.15, 0.2) is 5.11 Å². The largest absolute Gasteiger partial charge is 0.497 e. The summed E-state index contributed by atoms with van der Waals surface area (Å²) in [6.07, 6.45) is 0. The van der Waals surface area contributed by atoms with Crippen molar-refractivity contribution in [2.75, 3.05) is 19.5 Å². The zero-order valence-electron chi connectivity index (χ0n) is 15.0. The van der Waals surface area contributed by atoms with Crippen LogP contribution in [0.25, 0.3) is 11.0 Å². The quantitative estimate of drug-likeness (QED) is 0.404. The van der Waals surface area contributed by atoms with Gasteiger partial charge < -0.3 is 19.8 Å². The molecule has 0 aliphatic heterocycles. The number of aromatic nitrogens is 2. The number of hydrogen-bond donors (Lipinski definition) is 4. The average molecular weight is 385 g/mol. The number of benzene rings is 2. The van der Waals surface area contributed by atoms with E-state index in [-0.39, 0.29) is 11.0 Å². The van der Waals surface area contributed by atoms with Crippen LogP contribution < -0.4 is 25.6 Å². The van der Waals surface area contributed by atoms with Gasteiger partial charge in [0.2, 0.25) is 5.95 Å². The first-order valence-electron chi connectivity index (χ1n) is 8.06. The fourth-order valence-corrected chi connectivity index (χ4v) is 2.72. The molecule has 0 radical (unpaired) electrons. The Morgan fingerprint density at radius 2 is 1.96 bits per heavy atom. The summed E-state index contributed by atoms with van der Waals surface area (Å²) in [6, 6.07) is 10.7. The van der Waals surface area contributed by atoms with Gasteiger partial charge in [-0.3, -0.25) is 15.6 Å². The number of nitrogens with zero attached hydrogens (tertiary/aromatic N) is 1. The Hall–Kier alpha value is -3.33. The third kappa shape index (κ3) is 4.09. The van der Waals surface area contributed by atoms with Gasteiger partial charge in [0, 0.05) is 5.56 Å². The molecule has 3 aromatic rings. The number of aromatic amines is 1. The number of ether oxygens (including phenoxy) is 2. The van der Waals surface area contributed by atoms with E-state index in [4.69, 9.17) is 21.7 Å². The molecule has 0 atom stereocenters. The minimum Gasteiger partial charge on any atom is -0.497 e. The Morgan fingerprint density at radius 3 is 2.67 bits per heavy atom. The molecule has 0 spiro atoms. The number of aryl methyl sites for hydroxylation is 1. The zero-order chi connectivity index (χ0) is 19.4. The number of thiocarbonyl (C=S) groups is 1. The number of nitrogens with one attached hydrogen (secondary N) is 4. The van der Waals surface area contributed by atoms with Crippen LogP contribution in [0.2, 0.25) is 0 Å². The molecule has 27 heavy (non-hydrogen) atoms. The standard InChI is InChI=1S/C18H19N5O3S/c1-10-9-11(25-2)7-8-12(10)16(24)22-23-18(27)21-17-19-13-5-4-6-14(26-3)15(13)20-17/h4-9H,1-3H3,(H,22,24)(H3,19,20,21,23,27). The third-order valence-electron chi connectivity index (χ3n) is 3.90. The van der Waals surface area contributed by atoms with Gasteiger partial charge >= 0.3 is 0 Å². The van der Waals surface area contributed by atoms with Crippen molar-refractivity contribution in [3.8, 4) is 11.5 Å². The van der Waals surface area contributed by atoms with Crippen LogP contribution in [0.5, 0.6) is 11.5 Å². The van der Waals surface area contributed by atoms with E-state index in [0.29, 0.717) is 23.0 Å². The minimum atomic E-state index is -0.314. The lowest BCUT2D eigenvalue weighted by molar-refractivity contribution is 0.0943. The molecule has 0 aliphatic rings. The Morgan fingerprint density at radius 1 is 1.15 bits per heavy atom. The molecule has 2 aromatic carbocycles. The number of carbonyl (C=O) groups excluding carboxylic acids is 1. The van der Waals surface area contributed by atoms with Gasteiger partial charge in [-0.25, -0.2) is 4.98 Å². The molecule has 0 fully saturated rings. The number of methoxy groups -OCH3 is 2. The molecule has 1 heterocycles. The number of anilines is 1. The second-order valence-electron chi connectivity index (χ2n) is 5.65. The monoisotopic (exact) mass is 385 g/mol. The van der Waals surface area contributed by atoms with Crippen LogP contribution in [0.1, 0.15) is 15.9 Å². The van der Waals surface area contributed by atoms with E-state index in [1.54, 1.807) is 32.4 Å². The van der Waals surface area contributed by atoms with E-state index in [0.717, 1.165) is 16.6 Å². The number of H-pyrrole nitrogens is 1. The lowest BCUT2D eigenvalue weighted by Gasteiger charge is -2.12.